The number of hydrogen-bond donors (Lipinski definition) is 1. The number of hydrogen-bond acceptors (Lipinski definition) is 3. The third kappa shape index (κ3) is 3.06. The van der Waals surface area contributed by atoms with Crippen molar-refractivity contribution in [3.05, 3.63) is 18.2 Å². The highest BCUT2D eigenvalue weighted by atomic mass is 16.5. The van der Waals surface area contributed by atoms with Crippen LogP contribution in [0.25, 0.3) is 0 Å². The second-order valence-corrected chi connectivity index (χ2v) is 5.74. The van der Waals surface area contributed by atoms with E-state index in [1.807, 2.05) is 0 Å². The van der Waals surface area contributed by atoms with Crippen molar-refractivity contribution in [1.82, 2.24) is 0 Å². The van der Waals surface area contributed by atoms with E-state index in [0.717, 1.165) is 25.7 Å². The zero-order chi connectivity index (χ0) is 14.8. The zero-order valence-electron chi connectivity index (χ0n) is 12.2. The molecule has 5 heteroatoms. The van der Waals surface area contributed by atoms with Crippen LogP contribution in [-0.4, -0.2) is 30.5 Å². The Balaban J connectivity index is 1.85. The van der Waals surface area contributed by atoms with Gasteiger partial charge in [0.05, 0.1) is 18.9 Å². The SMILES string of the molecule is COc1ccc(N(C(=O)O)C2CC2)cc1OC1CCCC1. The highest BCUT2D eigenvalue weighted by Crippen LogP contribution is 2.38. The van der Waals surface area contributed by atoms with E-state index in [9.17, 15) is 9.90 Å². The van der Waals surface area contributed by atoms with Crippen molar-refractivity contribution in [3.63, 3.8) is 0 Å². The molecule has 0 saturated heterocycles. The lowest BCUT2D eigenvalue weighted by Gasteiger charge is -2.22. The third-order valence-electron chi connectivity index (χ3n) is 4.14. The van der Waals surface area contributed by atoms with Crippen LogP contribution >= 0.6 is 0 Å². The first kappa shape index (κ1) is 14.0. The Morgan fingerprint density at radius 2 is 1.90 bits per heavy atom. The highest BCUT2D eigenvalue weighted by Gasteiger charge is 2.34. The van der Waals surface area contributed by atoms with Gasteiger partial charge in [-0.05, 0) is 50.7 Å². The number of methoxy groups -OCH3 is 1. The smallest absolute Gasteiger partial charge is 0.412 e. The number of rotatable bonds is 5. The lowest BCUT2D eigenvalue weighted by Crippen LogP contribution is -2.31. The van der Waals surface area contributed by atoms with Crippen molar-refractivity contribution in [2.45, 2.75) is 50.7 Å². The fourth-order valence-electron chi connectivity index (χ4n) is 2.90. The largest absolute Gasteiger partial charge is 0.493 e. The van der Waals surface area contributed by atoms with Crippen LogP contribution in [0.2, 0.25) is 0 Å². The second-order valence-electron chi connectivity index (χ2n) is 5.74. The Morgan fingerprint density at radius 1 is 1.19 bits per heavy atom. The maximum atomic E-state index is 11.4. The molecule has 1 amide bonds. The lowest BCUT2D eigenvalue weighted by atomic mass is 10.2. The van der Waals surface area contributed by atoms with E-state index in [4.69, 9.17) is 9.47 Å². The summed E-state index contributed by atoms with van der Waals surface area (Å²) in [4.78, 5) is 12.9. The molecular weight excluding hydrogens is 270 g/mol. The Kier molecular flexibility index (Phi) is 3.90. The molecule has 21 heavy (non-hydrogen) atoms. The number of benzene rings is 1. The molecule has 1 aromatic rings. The molecule has 2 aliphatic carbocycles. The van der Waals surface area contributed by atoms with Gasteiger partial charge in [0.1, 0.15) is 0 Å². The van der Waals surface area contributed by atoms with Gasteiger partial charge in [0.2, 0.25) is 0 Å². The second kappa shape index (κ2) is 5.84. The molecule has 0 aromatic heterocycles. The Bertz CT molecular complexity index is 521. The van der Waals surface area contributed by atoms with E-state index < -0.39 is 6.09 Å². The molecule has 1 aromatic carbocycles. The molecule has 0 heterocycles. The summed E-state index contributed by atoms with van der Waals surface area (Å²) in [6.45, 7) is 0. The standard InChI is InChI=1S/C16H21NO4/c1-20-14-9-8-12(17(16(18)19)11-6-7-11)10-15(14)21-13-4-2-3-5-13/h8-11,13H,2-7H2,1H3,(H,18,19). The normalized spacial score (nSPS) is 18.5. The maximum Gasteiger partial charge on any atom is 0.412 e. The van der Waals surface area contributed by atoms with Crippen LogP contribution in [-0.2, 0) is 0 Å². The number of amides is 1. The van der Waals surface area contributed by atoms with E-state index >= 15 is 0 Å². The monoisotopic (exact) mass is 291 g/mol. The molecule has 114 valence electrons. The minimum atomic E-state index is -0.908. The van der Waals surface area contributed by atoms with Crippen LogP contribution < -0.4 is 14.4 Å². The van der Waals surface area contributed by atoms with E-state index in [1.165, 1.54) is 17.7 Å². The summed E-state index contributed by atoms with van der Waals surface area (Å²) in [7, 11) is 1.60. The molecule has 0 radical (unpaired) electrons. The number of anilines is 1. The van der Waals surface area contributed by atoms with Gasteiger partial charge in [0.25, 0.3) is 0 Å². The van der Waals surface area contributed by atoms with Gasteiger partial charge in [-0.1, -0.05) is 0 Å². The summed E-state index contributed by atoms with van der Waals surface area (Å²) in [5.41, 5.74) is 0.666. The van der Waals surface area contributed by atoms with Gasteiger partial charge in [0.15, 0.2) is 11.5 Å². The van der Waals surface area contributed by atoms with Gasteiger partial charge < -0.3 is 14.6 Å². The molecule has 2 fully saturated rings. The fourth-order valence-corrected chi connectivity index (χ4v) is 2.90. The molecule has 0 atom stereocenters. The lowest BCUT2D eigenvalue weighted by molar-refractivity contribution is 0.199. The van der Waals surface area contributed by atoms with Crippen molar-refractivity contribution in [2.75, 3.05) is 12.0 Å². The van der Waals surface area contributed by atoms with Gasteiger partial charge in [-0.2, -0.15) is 0 Å². The van der Waals surface area contributed by atoms with E-state index in [-0.39, 0.29) is 12.1 Å². The molecule has 2 aliphatic rings. The predicted octanol–water partition coefficient (Wildman–Crippen LogP) is 3.66. The van der Waals surface area contributed by atoms with Gasteiger partial charge in [-0.15, -0.1) is 0 Å². The molecule has 1 N–H and O–H groups in total. The van der Waals surface area contributed by atoms with Crippen LogP contribution in [0.3, 0.4) is 0 Å². The maximum absolute atomic E-state index is 11.4. The Hall–Kier alpha value is -1.91. The van der Waals surface area contributed by atoms with Crippen molar-refractivity contribution in [1.29, 1.82) is 0 Å². The number of carbonyl (C=O) groups is 1. The molecular formula is C16H21NO4. The summed E-state index contributed by atoms with van der Waals surface area (Å²) in [5.74, 6) is 1.31. The summed E-state index contributed by atoms with van der Waals surface area (Å²) in [6, 6.07) is 5.48. The molecule has 3 rings (SSSR count). The highest BCUT2D eigenvalue weighted by molar-refractivity contribution is 5.88. The van der Waals surface area contributed by atoms with Crippen LogP contribution in [0.5, 0.6) is 11.5 Å². The van der Waals surface area contributed by atoms with E-state index in [2.05, 4.69) is 0 Å². The third-order valence-corrected chi connectivity index (χ3v) is 4.14. The molecule has 5 nitrogen and oxygen atoms in total. The van der Waals surface area contributed by atoms with Gasteiger partial charge in [-0.3, -0.25) is 4.90 Å². The number of nitrogens with zero attached hydrogens (tertiary/aromatic N) is 1. The average molecular weight is 291 g/mol. The summed E-state index contributed by atoms with van der Waals surface area (Å²) in [5, 5.41) is 9.39. The van der Waals surface area contributed by atoms with Gasteiger partial charge >= 0.3 is 6.09 Å². The average Bonchev–Trinajstić information content (AvgIpc) is 3.15. The topological polar surface area (TPSA) is 59.0 Å². The summed E-state index contributed by atoms with van der Waals surface area (Å²) >= 11 is 0. The summed E-state index contributed by atoms with van der Waals surface area (Å²) in [6.07, 6.45) is 5.65. The number of ether oxygens (including phenoxy) is 2. The molecule has 0 spiro atoms. The van der Waals surface area contributed by atoms with Crippen LogP contribution in [0, 0.1) is 0 Å². The van der Waals surface area contributed by atoms with Crippen molar-refractivity contribution in [3.8, 4) is 11.5 Å². The molecule has 0 bridgehead atoms. The molecule has 0 aliphatic heterocycles. The minimum absolute atomic E-state index is 0.107. The van der Waals surface area contributed by atoms with E-state index in [0.29, 0.717) is 17.2 Å². The Morgan fingerprint density at radius 3 is 2.48 bits per heavy atom. The minimum Gasteiger partial charge on any atom is -0.493 e. The van der Waals surface area contributed by atoms with Crippen LogP contribution in [0.15, 0.2) is 18.2 Å². The predicted molar refractivity (Wildman–Crippen MR) is 79.4 cm³/mol. The van der Waals surface area contributed by atoms with Crippen LogP contribution in [0.4, 0.5) is 10.5 Å². The van der Waals surface area contributed by atoms with Crippen molar-refractivity contribution in [2.24, 2.45) is 0 Å². The Labute approximate surface area is 124 Å². The quantitative estimate of drug-likeness (QED) is 0.899. The van der Waals surface area contributed by atoms with Crippen molar-refractivity contribution >= 4 is 11.8 Å². The molecule has 2 saturated carbocycles. The first-order valence-corrected chi connectivity index (χ1v) is 7.56. The number of carboxylic acid groups (broad SMARTS) is 1. The zero-order valence-corrected chi connectivity index (χ0v) is 12.2. The summed E-state index contributed by atoms with van der Waals surface area (Å²) < 4.78 is 11.4. The van der Waals surface area contributed by atoms with Gasteiger partial charge in [0, 0.05) is 12.1 Å². The first-order chi connectivity index (χ1) is 10.2. The van der Waals surface area contributed by atoms with Crippen LogP contribution in [0.1, 0.15) is 38.5 Å². The van der Waals surface area contributed by atoms with Gasteiger partial charge in [-0.25, -0.2) is 4.79 Å². The van der Waals surface area contributed by atoms with E-state index in [1.54, 1.807) is 25.3 Å². The van der Waals surface area contributed by atoms with Crippen molar-refractivity contribution < 1.29 is 19.4 Å². The molecule has 0 unspecified atom stereocenters. The first-order valence-electron chi connectivity index (χ1n) is 7.56. The fraction of sp³-hybridized carbons (Fsp3) is 0.562.